The summed E-state index contributed by atoms with van der Waals surface area (Å²) >= 11 is 0. The Bertz CT molecular complexity index is 559. The Labute approximate surface area is 112 Å². The van der Waals surface area contributed by atoms with Gasteiger partial charge in [-0.2, -0.15) is 0 Å². The molecule has 6 nitrogen and oxygen atoms in total. The van der Waals surface area contributed by atoms with Gasteiger partial charge in [-0.15, -0.1) is 0 Å². The van der Waals surface area contributed by atoms with Crippen molar-refractivity contribution in [3.05, 3.63) is 47.2 Å². The van der Waals surface area contributed by atoms with E-state index in [0.717, 1.165) is 19.2 Å². The summed E-state index contributed by atoms with van der Waals surface area (Å²) in [6.45, 7) is -0.254. The maximum absolute atomic E-state index is 13.0. The van der Waals surface area contributed by atoms with Crippen LogP contribution < -0.4 is 0 Å². The topological polar surface area (TPSA) is 87.1 Å². The van der Waals surface area contributed by atoms with Crippen molar-refractivity contribution >= 4 is 11.9 Å². The Morgan fingerprint density at radius 2 is 1.95 bits per heavy atom. The summed E-state index contributed by atoms with van der Waals surface area (Å²) in [7, 11) is 1.13. The molecule has 0 aliphatic carbocycles. The zero-order valence-corrected chi connectivity index (χ0v) is 10.3. The number of hydroxylamine groups is 2. The van der Waals surface area contributed by atoms with E-state index in [9.17, 15) is 18.4 Å². The highest BCUT2D eigenvalue weighted by molar-refractivity contribution is 5.95. The summed E-state index contributed by atoms with van der Waals surface area (Å²) in [5, 5.41) is 18.0. The zero-order valence-electron chi connectivity index (χ0n) is 10.3. The lowest BCUT2D eigenvalue weighted by Crippen LogP contribution is -2.28. The van der Waals surface area contributed by atoms with Gasteiger partial charge in [-0.1, -0.05) is 6.07 Å². The van der Waals surface area contributed by atoms with Crippen molar-refractivity contribution in [3.63, 3.8) is 0 Å². The molecule has 1 amide bonds. The van der Waals surface area contributed by atoms with Crippen LogP contribution in [-0.4, -0.2) is 34.3 Å². The standard InChI is InChI=1S/C12H11F2NO5/c1-20-15(11(17)5-10(16)12(18)19)6-7-2-3-8(13)9(14)4-7/h2-5,16H,6H2,1H3,(H,18,19). The molecule has 0 atom stereocenters. The number of amides is 1. The zero-order chi connectivity index (χ0) is 15.3. The number of carbonyl (C=O) groups excluding carboxylic acids is 1. The number of hydrogen-bond acceptors (Lipinski definition) is 4. The van der Waals surface area contributed by atoms with Crippen molar-refractivity contribution in [1.82, 2.24) is 5.06 Å². The molecule has 0 fully saturated rings. The van der Waals surface area contributed by atoms with Gasteiger partial charge in [0.25, 0.3) is 5.91 Å². The van der Waals surface area contributed by atoms with Crippen LogP contribution in [0, 0.1) is 11.6 Å². The van der Waals surface area contributed by atoms with Crippen molar-refractivity contribution < 1.29 is 33.4 Å². The van der Waals surface area contributed by atoms with Gasteiger partial charge < -0.3 is 10.2 Å². The minimum Gasteiger partial charge on any atom is -0.502 e. The number of benzene rings is 1. The average molecular weight is 287 g/mol. The number of hydrogen-bond donors (Lipinski definition) is 2. The molecule has 0 aliphatic rings. The molecular formula is C12H11F2NO5. The average Bonchev–Trinajstić information content (AvgIpc) is 2.39. The fraction of sp³-hybridized carbons (Fsp3) is 0.167. The Morgan fingerprint density at radius 1 is 1.30 bits per heavy atom. The van der Waals surface area contributed by atoms with Gasteiger partial charge >= 0.3 is 5.97 Å². The first kappa shape index (κ1) is 15.6. The van der Waals surface area contributed by atoms with Crippen LogP contribution in [0.4, 0.5) is 8.78 Å². The van der Waals surface area contributed by atoms with Crippen molar-refractivity contribution in [2.75, 3.05) is 7.11 Å². The number of aliphatic hydroxyl groups is 1. The van der Waals surface area contributed by atoms with Gasteiger partial charge in [0.05, 0.1) is 19.7 Å². The van der Waals surface area contributed by atoms with Gasteiger partial charge in [-0.05, 0) is 17.7 Å². The highest BCUT2D eigenvalue weighted by Gasteiger charge is 2.16. The van der Waals surface area contributed by atoms with Gasteiger partial charge in [0.2, 0.25) is 5.76 Å². The second-order valence-corrected chi connectivity index (χ2v) is 3.64. The molecule has 1 aromatic carbocycles. The van der Waals surface area contributed by atoms with E-state index in [0.29, 0.717) is 11.1 Å². The minimum atomic E-state index is -1.68. The first-order valence-electron chi connectivity index (χ1n) is 5.28. The molecule has 1 rings (SSSR count). The Kier molecular flexibility index (Phi) is 5.15. The molecule has 1 aromatic rings. The first-order chi connectivity index (χ1) is 9.35. The van der Waals surface area contributed by atoms with Gasteiger partial charge in [0, 0.05) is 0 Å². The van der Waals surface area contributed by atoms with Crippen molar-refractivity contribution in [2.45, 2.75) is 6.54 Å². The highest BCUT2D eigenvalue weighted by atomic mass is 19.2. The van der Waals surface area contributed by atoms with Crippen LogP contribution in [0.1, 0.15) is 5.56 Å². The second-order valence-electron chi connectivity index (χ2n) is 3.64. The van der Waals surface area contributed by atoms with Gasteiger partial charge in [-0.3, -0.25) is 9.63 Å². The Hall–Kier alpha value is -2.48. The van der Waals surface area contributed by atoms with E-state index in [1.807, 2.05) is 0 Å². The quantitative estimate of drug-likeness (QED) is 0.485. The summed E-state index contributed by atoms with van der Waals surface area (Å²) in [5.41, 5.74) is 0.224. The molecule has 8 heteroatoms. The summed E-state index contributed by atoms with van der Waals surface area (Å²) in [5.74, 6) is -5.93. The lowest BCUT2D eigenvalue weighted by molar-refractivity contribution is -0.173. The number of halogens is 2. The number of carboxylic acid groups (broad SMARTS) is 1. The molecule has 0 aromatic heterocycles. The molecule has 0 spiro atoms. The van der Waals surface area contributed by atoms with Gasteiger partial charge in [0.1, 0.15) is 0 Å². The molecule has 0 radical (unpaired) electrons. The van der Waals surface area contributed by atoms with Crippen LogP contribution in [0.2, 0.25) is 0 Å². The smallest absolute Gasteiger partial charge is 0.371 e. The number of carboxylic acids is 1. The van der Waals surface area contributed by atoms with Crippen LogP contribution in [-0.2, 0) is 21.0 Å². The minimum absolute atomic E-state index is 0.224. The van der Waals surface area contributed by atoms with Crippen LogP contribution in [0.5, 0.6) is 0 Å². The number of aliphatic carboxylic acids is 1. The number of aliphatic hydroxyl groups excluding tert-OH is 1. The molecular weight excluding hydrogens is 276 g/mol. The lowest BCUT2D eigenvalue weighted by atomic mass is 10.2. The number of carbonyl (C=O) groups is 2. The van der Waals surface area contributed by atoms with Crippen LogP contribution in [0.3, 0.4) is 0 Å². The summed E-state index contributed by atoms with van der Waals surface area (Å²) in [6, 6.07) is 2.99. The molecule has 0 unspecified atom stereocenters. The largest absolute Gasteiger partial charge is 0.502 e. The van der Waals surface area contributed by atoms with E-state index in [4.69, 9.17) is 10.2 Å². The molecule has 0 saturated heterocycles. The fourth-order valence-corrected chi connectivity index (χ4v) is 1.29. The third-order valence-corrected chi connectivity index (χ3v) is 2.26. The summed E-state index contributed by atoms with van der Waals surface area (Å²) < 4.78 is 25.7. The molecule has 0 bridgehead atoms. The molecule has 0 saturated carbocycles. The molecule has 0 heterocycles. The maximum atomic E-state index is 13.0. The van der Waals surface area contributed by atoms with E-state index in [1.165, 1.54) is 6.07 Å². The van der Waals surface area contributed by atoms with E-state index in [2.05, 4.69) is 4.84 Å². The predicted molar refractivity (Wildman–Crippen MR) is 62.3 cm³/mol. The summed E-state index contributed by atoms with van der Waals surface area (Å²) in [4.78, 5) is 26.6. The maximum Gasteiger partial charge on any atom is 0.371 e. The van der Waals surface area contributed by atoms with Gasteiger partial charge in [0.15, 0.2) is 11.6 Å². The summed E-state index contributed by atoms with van der Waals surface area (Å²) in [6.07, 6.45) is 0.436. The molecule has 0 aliphatic heterocycles. The van der Waals surface area contributed by atoms with Crippen molar-refractivity contribution in [3.8, 4) is 0 Å². The van der Waals surface area contributed by atoms with E-state index >= 15 is 0 Å². The Balaban J connectivity index is 2.86. The highest BCUT2D eigenvalue weighted by Crippen LogP contribution is 2.11. The van der Waals surface area contributed by atoms with E-state index < -0.39 is 29.3 Å². The third-order valence-electron chi connectivity index (χ3n) is 2.26. The molecule has 108 valence electrons. The van der Waals surface area contributed by atoms with Crippen LogP contribution in [0.25, 0.3) is 0 Å². The lowest BCUT2D eigenvalue weighted by Gasteiger charge is -2.18. The van der Waals surface area contributed by atoms with Crippen LogP contribution in [0.15, 0.2) is 30.0 Å². The van der Waals surface area contributed by atoms with Crippen molar-refractivity contribution in [2.24, 2.45) is 0 Å². The second kappa shape index (κ2) is 6.62. The number of rotatable bonds is 5. The van der Waals surface area contributed by atoms with Crippen LogP contribution >= 0.6 is 0 Å². The van der Waals surface area contributed by atoms with Gasteiger partial charge in [-0.25, -0.2) is 18.6 Å². The van der Waals surface area contributed by atoms with Crippen molar-refractivity contribution in [1.29, 1.82) is 0 Å². The predicted octanol–water partition coefficient (Wildman–Crippen LogP) is 1.38. The third kappa shape index (κ3) is 4.02. The first-order valence-corrected chi connectivity index (χ1v) is 5.28. The SMILES string of the molecule is CON(Cc1ccc(F)c(F)c1)C(=O)C=C(O)C(=O)O. The Morgan fingerprint density at radius 3 is 2.45 bits per heavy atom. The molecule has 20 heavy (non-hydrogen) atoms. The fourth-order valence-electron chi connectivity index (χ4n) is 1.29. The number of nitrogens with zero attached hydrogens (tertiary/aromatic N) is 1. The normalized spacial score (nSPS) is 11.2. The molecule has 2 N–H and O–H groups in total. The van der Waals surface area contributed by atoms with E-state index in [1.54, 1.807) is 0 Å². The van der Waals surface area contributed by atoms with E-state index in [-0.39, 0.29) is 12.1 Å². The monoisotopic (exact) mass is 287 g/mol.